The number of pyridine rings is 1. The van der Waals surface area contributed by atoms with Crippen LogP contribution in [0.4, 0.5) is 0 Å². The molecule has 96 valence electrons. The van der Waals surface area contributed by atoms with Crippen LogP contribution in [0.3, 0.4) is 0 Å². The lowest BCUT2D eigenvalue weighted by molar-refractivity contribution is 0.568. The van der Waals surface area contributed by atoms with Gasteiger partial charge in [-0.3, -0.25) is 4.98 Å². The molecule has 0 spiro atoms. The molecule has 0 aliphatic heterocycles. The highest BCUT2D eigenvalue weighted by atomic mass is 35.5. The molecule has 0 saturated heterocycles. The van der Waals surface area contributed by atoms with E-state index in [2.05, 4.69) is 9.71 Å². The van der Waals surface area contributed by atoms with E-state index in [0.29, 0.717) is 5.88 Å². The number of hydrogen-bond donors (Lipinski definition) is 1. The van der Waals surface area contributed by atoms with Gasteiger partial charge in [0.05, 0.1) is 5.75 Å². The standard InChI is InChI=1S/C11H17ClN2O2S/c1-9(5-12)8-17(15,16)14-7-11-4-3-10(2)13-6-11/h3-4,6,9,14H,5,7-8H2,1-2H3. The smallest absolute Gasteiger partial charge is 0.212 e. The molecule has 1 rings (SSSR count). The zero-order valence-electron chi connectivity index (χ0n) is 9.98. The van der Waals surface area contributed by atoms with Gasteiger partial charge in [0, 0.05) is 24.3 Å². The Kier molecular flexibility index (Phi) is 5.36. The van der Waals surface area contributed by atoms with Gasteiger partial charge in [-0.25, -0.2) is 13.1 Å². The summed E-state index contributed by atoms with van der Waals surface area (Å²) in [4.78, 5) is 4.10. The Balaban J connectivity index is 2.52. The first-order valence-electron chi connectivity index (χ1n) is 5.38. The number of sulfonamides is 1. The molecule has 4 nitrogen and oxygen atoms in total. The molecule has 0 aromatic carbocycles. The highest BCUT2D eigenvalue weighted by molar-refractivity contribution is 7.89. The topological polar surface area (TPSA) is 59.1 Å². The number of alkyl halides is 1. The van der Waals surface area contributed by atoms with Crippen LogP contribution in [0.25, 0.3) is 0 Å². The van der Waals surface area contributed by atoms with E-state index in [1.54, 1.807) is 13.1 Å². The second-order valence-corrected chi connectivity index (χ2v) is 6.33. The predicted octanol–water partition coefficient (Wildman–Crippen LogP) is 1.68. The van der Waals surface area contributed by atoms with Gasteiger partial charge >= 0.3 is 0 Å². The summed E-state index contributed by atoms with van der Waals surface area (Å²) in [5, 5.41) is 0. The number of halogens is 1. The zero-order valence-corrected chi connectivity index (χ0v) is 11.6. The van der Waals surface area contributed by atoms with E-state index in [-0.39, 0.29) is 18.2 Å². The quantitative estimate of drug-likeness (QED) is 0.805. The van der Waals surface area contributed by atoms with Gasteiger partial charge in [0.25, 0.3) is 0 Å². The maximum atomic E-state index is 11.6. The summed E-state index contributed by atoms with van der Waals surface area (Å²) in [5.41, 5.74) is 1.75. The van der Waals surface area contributed by atoms with Crippen LogP contribution in [0.15, 0.2) is 18.3 Å². The number of nitrogens with zero attached hydrogens (tertiary/aromatic N) is 1. The van der Waals surface area contributed by atoms with Crippen LogP contribution in [0.5, 0.6) is 0 Å². The van der Waals surface area contributed by atoms with Crippen LogP contribution in [0, 0.1) is 12.8 Å². The fraction of sp³-hybridized carbons (Fsp3) is 0.545. The molecule has 6 heteroatoms. The summed E-state index contributed by atoms with van der Waals surface area (Å²) < 4.78 is 25.8. The van der Waals surface area contributed by atoms with Crippen LogP contribution < -0.4 is 4.72 Å². The Hall–Kier alpha value is -0.650. The highest BCUT2D eigenvalue weighted by Crippen LogP contribution is 2.04. The molecule has 0 bridgehead atoms. The summed E-state index contributed by atoms with van der Waals surface area (Å²) in [6.07, 6.45) is 1.67. The molecule has 0 aliphatic carbocycles. The van der Waals surface area contributed by atoms with Crippen molar-refractivity contribution in [3.8, 4) is 0 Å². The van der Waals surface area contributed by atoms with Crippen molar-refractivity contribution in [2.24, 2.45) is 5.92 Å². The summed E-state index contributed by atoms with van der Waals surface area (Å²) in [6, 6.07) is 3.71. The molecule has 1 aromatic heterocycles. The summed E-state index contributed by atoms with van der Waals surface area (Å²) in [7, 11) is -3.26. The number of aromatic nitrogens is 1. The number of nitrogens with one attached hydrogen (secondary N) is 1. The van der Waals surface area contributed by atoms with Crippen molar-refractivity contribution < 1.29 is 8.42 Å². The molecular weight excluding hydrogens is 260 g/mol. The second kappa shape index (κ2) is 6.33. The van der Waals surface area contributed by atoms with Crippen molar-refractivity contribution >= 4 is 21.6 Å². The van der Waals surface area contributed by atoms with Crippen LogP contribution in [0.2, 0.25) is 0 Å². The van der Waals surface area contributed by atoms with E-state index in [4.69, 9.17) is 11.6 Å². The van der Waals surface area contributed by atoms with Crippen LogP contribution in [-0.2, 0) is 16.6 Å². The molecule has 1 atom stereocenters. The lowest BCUT2D eigenvalue weighted by Crippen LogP contribution is -2.29. The third-order valence-electron chi connectivity index (χ3n) is 2.24. The van der Waals surface area contributed by atoms with Crippen LogP contribution >= 0.6 is 11.6 Å². The molecule has 0 radical (unpaired) electrons. The van der Waals surface area contributed by atoms with Gasteiger partial charge in [-0.05, 0) is 24.5 Å². The SMILES string of the molecule is Cc1ccc(CNS(=O)(=O)CC(C)CCl)cn1. The van der Waals surface area contributed by atoms with Crippen molar-refractivity contribution in [1.82, 2.24) is 9.71 Å². The van der Waals surface area contributed by atoms with Crippen molar-refractivity contribution in [1.29, 1.82) is 0 Å². The highest BCUT2D eigenvalue weighted by Gasteiger charge is 2.14. The Labute approximate surface area is 107 Å². The Morgan fingerprint density at radius 3 is 2.71 bits per heavy atom. The van der Waals surface area contributed by atoms with Gasteiger partial charge in [-0.1, -0.05) is 13.0 Å². The molecular formula is C11H17ClN2O2S. The van der Waals surface area contributed by atoms with E-state index in [1.165, 1.54) is 0 Å². The summed E-state index contributed by atoms with van der Waals surface area (Å²) >= 11 is 5.59. The third kappa shape index (κ3) is 5.48. The predicted molar refractivity (Wildman–Crippen MR) is 69.5 cm³/mol. The molecule has 0 aliphatic rings. The first-order valence-corrected chi connectivity index (χ1v) is 7.56. The van der Waals surface area contributed by atoms with Gasteiger partial charge in [-0.2, -0.15) is 0 Å². The minimum atomic E-state index is -3.26. The van der Waals surface area contributed by atoms with Crippen LogP contribution in [-0.4, -0.2) is 25.0 Å². The Morgan fingerprint density at radius 2 is 2.18 bits per heavy atom. The largest absolute Gasteiger partial charge is 0.261 e. The van der Waals surface area contributed by atoms with E-state index in [0.717, 1.165) is 11.3 Å². The van der Waals surface area contributed by atoms with E-state index in [9.17, 15) is 8.42 Å². The normalized spacial score (nSPS) is 13.6. The van der Waals surface area contributed by atoms with Gasteiger partial charge in [0.15, 0.2) is 0 Å². The van der Waals surface area contributed by atoms with Crippen molar-refractivity contribution in [3.05, 3.63) is 29.6 Å². The van der Waals surface area contributed by atoms with Gasteiger partial charge < -0.3 is 0 Å². The monoisotopic (exact) mass is 276 g/mol. The summed E-state index contributed by atoms with van der Waals surface area (Å²) in [5.74, 6) is 0.341. The number of rotatable bonds is 6. The van der Waals surface area contributed by atoms with Crippen molar-refractivity contribution in [3.63, 3.8) is 0 Å². The van der Waals surface area contributed by atoms with E-state index in [1.807, 2.05) is 19.1 Å². The fourth-order valence-corrected chi connectivity index (χ4v) is 2.88. The van der Waals surface area contributed by atoms with Gasteiger partial charge in [0.2, 0.25) is 10.0 Å². The molecule has 1 aromatic rings. The molecule has 0 saturated carbocycles. The minimum absolute atomic E-state index is 0.0506. The zero-order chi connectivity index (χ0) is 12.9. The fourth-order valence-electron chi connectivity index (χ4n) is 1.27. The molecule has 0 amide bonds. The summed E-state index contributed by atoms with van der Waals surface area (Å²) in [6.45, 7) is 3.96. The average molecular weight is 277 g/mol. The Bertz CT molecular complexity index is 445. The van der Waals surface area contributed by atoms with E-state index < -0.39 is 10.0 Å². The maximum Gasteiger partial charge on any atom is 0.212 e. The molecule has 1 N–H and O–H groups in total. The van der Waals surface area contributed by atoms with E-state index >= 15 is 0 Å². The average Bonchev–Trinajstić information content (AvgIpc) is 2.28. The Morgan fingerprint density at radius 1 is 1.47 bits per heavy atom. The van der Waals surface area contributed by atoms with Crippen molar-refractivity contribution in [2.45, 2.75) is 20.4 Å². The third-order valence-corrected chi connectivity index (χ3v) is 4.36. The molecule has 1 heterocycles. The molecule has 17 heavy (non-hydrogen) atoms. The number of aryl methyl sites for hydroxylation is 1. The van der Waals surface area contributed by atoms with Crippen LogP contribution in [0.1, 0.15) is 18.2 Å². The van der Waals surface area contributed by atoms with Crippen molar-refractivity contribution in [2.75, 3.05) is 11.6 Å². The van der Waals surface area contributed by atoms with Gasteiger partial charge in [-0.15, -0.1) is 11.6 Å². The number of hydrogen-bond acceptors (Lipinski definition) is 3. The first-order chi connectivity index (χ1) is 7.93. The first kappa shape index (κ1) is 14.4. The molecule has 0 fully saturated rings. The minimum Gasteiger partial charge on any atom is -0.261 e. The lowest BCUT2D eigenvalue weighted by Gasteiger charge is -2.10. The second-order valence-electron chi connectivity index (χ2n) is 4.17. The lowest BCUT2D eigenvalue weighted by atomic mass is 10.2. The van der Waals surface area contributed by atoms with Gasteiger partial charge in [0.1, 0.15) is 0 Å². The maximum absolute atomic E-state index is 11.6. The molecule has 1 unspecified atom stereocenters.